The van der Waals surface area contributed by atoms with E-state index in [0.717, 1.165) is 40.1 Å². The monoisotopic (exact) mass is 675 g/mol. The highest BCUT2D eigenvalue weighted by Crippen LogP contribution is 2.32. The van der Waals surface area contributed by atoms with Gasteiger partial charge in [0.2, 0.25) is 5.88 Å². The van der Waals surface area contributed by atoms with Gasteiger partial charge in [-0.05, 0) is 53.9 Å². The van der Waals surface area contributed by atoms with Crippen LogP contribution in [0, 0.1) is 11.3 Å². The lowest BCUT2D eigenvalue weighted by molar-refractivity contribution is -0.0589. The summed E-state index contributed by atoms with van der Waals surface area (Å²) < 4.78 is 36.6. The van der Waals surface area contributed by atoms with E-state index in [0.29, 0.717) is 92.1 Å². The molecular weight excluding hydrogens is 638 g/mol. The van der Waals surface area contributed by atoms with Crippen LogP contribution in [0.3, 0.4) is 0 Å². The van der Waals surface area contributed by atoms with Crippen molar-refractivity contribution < 1.29 is 33.2 Å². The topological polar surface area (TPSA) is 140 Å². The van der Waals surface area contributed by atoms with Crippen molar-refractivity contribution in [2.24, 2.45) is 0 Å². The van der Waals surface area contributed by atoms with E-state index < -0.39 is 5.97 Å². The van der Waals surface area contributed by atoms with Crippen LogP contribution in [0.5, 0.6) is 11.6 Å². The van der Waals surface area contributed by atoms with Gasteiger partial charge >= 0.3 is 5.97 Å². The second-order valence-corrected chi connectivity index (χ2v) is 12.1. The number of fused-ring (bicyclic) bond motifs is 8. The maximum absolute atomic E-state index is 12.7. The lowest BCUT2D eigenvalue weighted by atomic mass is 9.99. The lowest BCUT2D eigenvalue weighted by Gasteiger charge is -2.27. The van der Waals surface area contributed by atoms with Crippen molar-refractivity contribution in [2.45, 2.75) is 45.1 Å². The molecule has 0 unspecified atom stereocenters. The molecule has 2 aliphatic heterocycles. The number of methoxy groups -OCH3 is 2. The summed E-state index contributed by atoms with van der Waals surface area (Å²) >= 11 is 0. The molecule has 1 atom stereocenters. The van der Waals surface area contributed by atoms with Gasteiger partial charge in [-0.2, -0.15) is 5.26 Å². The first-order valence-corrected chi connectivity index (χ1v) is 16.6. The number of aromatic nitrogens is 4. The molecule has 0 spiro atoms. The predicted molar refractivity (Wildman–Crippen MR) is 182 cm³/mol. The number of esters is 1. The van der Waals surface area contributed by atoms with Gasteiger partial charge in [-0.15, -0.1) is 0 Å². The van der Waals surface area contributed by atoms with Crippen LogP contribution in [0.15, 0.2) is 60.7 Å². The Balaban J connectivity index is 1.28. The van der Waals surface area contributed by atoms with E-state index in [1.54, 1.807) is 31.4 Å². The maximum Gasteiger partial charge on any atom is 0.338 e. The number of imidazole rings is 1. The Morgan fingerprint density at radius 3 is 2.72 bits per heavy atom. The van der Waals surface area contributed by atoms with E-state index in [-0.39, 0.29) is 12.7 Å². The van der Waals surface area contributed by atoms with Crippen molar-refractivity contribution in [3.05, 3.63) is 100 Å². The highest BCUT2D eigenvalue weighted by molar-refractivity contribution is 5.96. The van der Waals surface area contributed by atoms with Gasteiger partial charge in [0, 0.05) is 38.2 Å². The Kier molecular flexibility index (Phi) is 9.98. The molecule has 12 heteroatoms. The molecule has 2 aliphatic rings. The quantitative estimate of drug-likeness (QED) is 0.150. The molecular formula is C38H37N5O7. The number of benzene rings is 2. The van der Waals surface area contributed by atoms with Crippen molar-refractivity contribution >= 4 is 17.0 Å². The van der Waals surface area contributed by atoms with E-state index in [4.69, 9.17) is 43.4 Å². The fourth-order valence-corrected chi connectivity index (χ4v) is 6.13. The van der Waals surface area contributed by atoms with Gasteiger partial charge in [0.25, 0.3) is 0 Å². The molecule has 1 fully saturated rings. The smallest absolute Gasteiger partial charge is 0.338 e. The molecule has 0 aliphatic carbocycles. The zero-order valence-corrected chi connectivity index (χ0v) is 28.0. The second-order valence-electron chi connectivity index (χ2n) is 12.1. The Hall–Kier alpha value is -5.35. The van der Waals surface area contributed by atoms with Crippen molar-refractivity contribution in [1.29, 1.82) is 5.26 Å². The molecule has 2 aromatic carbocycles. The molecule has 0 N–H and O–H groups in total. The van der Waals surface area contributed by atoms with Crippen LogP contribution < -0.4 is 9.47 Å². The highest BCUT2D eigenvalue weighted by atomic mass is 16.5. The SMILES string of the molecule is COCCOc1cc(C(=O)OC)cc2c1nc(Cc1ccc3cc1COCCc1nc(ccc1C#N)COc1cccc-3n1)n2C[C@@H]1CCO1. The minimum Gasteiger partial charge on any atom is -0.489 e. The maximum atomic E-state index is 12.7. The minimum atomic E-state index is -0.463. The van der Waals surface area contributed by atoms with Gasteiger partial charge in [-0.25, -0.2) is 14.8 Å². The number of ether oxygens (including phenoxy) is 6. The Bertz CT molecular complexity index is 2070. The van der Waals surface area contributed by atoms with Crippen LogP contribution in [0.1, 0.15) is 50.7 Å². The van der Waals surface area contributed by atoms with Crippen molar-refractivity contribution in [2.75, 3.05) is 40.6 Å². The summed E-state index contributed by atoms with van der Waals surface area (Å²) in [5.41, 5.74) is 7.35. The molecule has 50 heavy (non-hydrogen) atoms. The first-order chi connectivity index (χ1) is 24.5. The van der Waals surface area contributed by atoms with Crippen LogP contribution in [-0.2, 0) is 51.5 Å². The standard InChI is InChI=1S/C38H37N5O7/c1-45-14-15-49-34-18-27(38(44)46-2)17-33-37(34)42-35(43(33)21-30-10-13-48-30)19-24-6-7-25-16-28(24)22-47-12-11-32-26(20-39)8-9-29(40-32)23-50-36-5-3-4-31(25)41-36/h3-9,16-18,30H,10-15,19,21-23H2,1-2H3/t30-/m0/s1. The number of carbonyl (C=O) groups is 1. The Morgan fingerprint density at radius 2 is 1.92 bits per heavy atom. The van der Waals surface area contributed by atoms with E-state index >= 15 is 0 Å². The van der Waals surface area contributed by atoms with Crippen molar-refractivity contribution in [3.63, 3.8) is 0 Å². The van der Waals surface area contributed by atoms with E-state index in [9.17, 15) is 10.1 Å². The molecule has 7 rings (SSSR count). The first kappa shape index (κ1) is 33.2. The van der Waals surface area contributed by atoms with E-state index in [1.807, 2.05) is 24.3 Å². The molecule has 6 bridgehead atoms. The fraction of sp³-hybridized carbons (Fsp3) is 0.342. The van der Waals surface area contributed by atoms with Gasteiger partial charge in [0.05, 0.1) is 73.3 Å². The van der Waals surface area contributed by atoms with E-state index in [2.05, 4.69) is 22.8 Å². The third-order valence-electron chi connectivity index (χ3n) is 8.88. The molecule has 3 aromatic heterocycles. The Labute approximate surface area is 289 Å². The summed E-state index contributed by atoms with van der Waals surface area (Å²) in [5, 5.41) is 9.68. The summed E-state index contributed by atoms with van der Waals surface area (Å²) in [7, 11) is 2.97. The molecule has 5 aromatic rings. The Morgan fingerprint density at radius 1 is 1.02 bits per heavy atom. The molecule has 12 nitrogen and oxygen atoms in total. The van der Waals surface area contributed by atoms with Gasteiger partial charge in [0.1, 0.15) is 36.4 Å². The number of nitrogens with zero attached hydrogens (tertiary/aromatic N) is 5. The van der Waals surface area contributed by atoms with Crippen molar-refractivity contribution in [1.82, 2.24) is 19.5 Å². The van der Waals surface area contributed by atoms with Crippen LogP contribution in [-0.4, -0.2) is 72.2 Å². The molecule has 0 radical (unpaired) electrons. The average molecular weight is 676 g/mol. The normalized spacial score (nSPS) is 15.6. The van der Waals surface area contributed by atoms with Crippen LogP contribution >= 0.6 is 0 Å². The number of nitriles is 1. The molecule has 0 saturated carbocycles. The number of rotatable bonds is 9. The number of carbonyl (C=O) groups excluding carboxylic acids is 1. The van der Waals surface area contributed by atoms with Gasteiger partial charge in [-0.3, -0.25) is 4.98 Å². The molecule has 0 amide bonds. The summed E-state index contributed by atoms with van der Waals surface area (Å²) in [5.74, 6) is 1.29. The summed E-state index contributed by atoms with van der Waals surface area (Å²) in [6.45, 7) is 2.89. The van der Waals surface area contributed by atoms with Gasteiger partial charge in [0.15, 0.2) is 0 Å². The summed E-state index contributed by atoms with van der Waals surface area (Å²) in [6, 6.07) is 21.2. The summed E-state index contributed by atoms with van der Waals surface area (Å²) in [4.78, 5) is 27.3. The van der Waals surface area contributed by atoms with Gasteiger partial charge < -0.3 is 33.0 Å². The zero-order valence-electron chi connectivity index (χ0n) is 28.0. The third kappa shape index (κ3) is 7.16. The van der Waals surface area contributed by atoms with Crippen LogP contribution in [0.4, 0.5) is 0 Å². The van der Waals surface area contributed by atoms with Gasteiger partial charge in [-0.1, -0.05) is 18.2 Å². The molecule has 1 saturated heterocycles. The predicted octanol–water partition coefficient (Wildman–Crippen LogP) is 5.21. The molecule has 5 heterocycles. The minimum absolute atomic E-state index is 0.0320. The average Bonchev–Trinajstić information content (AvgIpc) is 3.47. The second kappa shape index (κ2) is 15.0. The van der Waals surface area contributed by atoms with Crippen LogP contribution in [0.25, 0.3) is 22.3 Å². The number of pyridine rings is 2. The largest absolute Gasteiger partial charge is 0.489 e. The number of hydrogen-bond acceptors (Lipinski definition) is 11. The van der Waals surface area contributed by atoms with E-state index in [1.165, 1.54) is 7.11 Å². The third-order valence-corrected chi connectivity index (χ3v) is 8.88. The fourth-order valence-electron chi connectivity index (χ4n) is 6.13. The summed E-state index contributed by atoms with van der Waals surface area (Å²) in [6.07, 6.45) is 1.92. The molecule has 256 valence electrons. The number of hydrogen-bond donors (Lipinski definition) is 0. The lowest BCUT2D eigenvalue weighted by Crippen LogP contribution is -2.31. The zero-order chi connectivity index (χ0) is 34.5. The van der Waals surface area contributed by atoms with Crippen LogP contribution in [0.2, 0.25) is 0 Å². The first-order valence-electron chi connectivity index (χ1n) is 16.6. The highest BCUT2D eigenvalue weighted by Gasteiger charge is 2.25. The van der Waals surface area contributed by atoms with Crippen molar-refractivity contribution in [3.8, 4) is 29.0 Å².